The van der Waals surface area contributed by atoms with Crippen LogP contribution in [0.15, 0.2) is 0 Å². The average molecular weight is 161 g/mol. The van der Waals surface area contributed by atoms with E-state index in [0.29, 0.717) is 24.9 Å². The molecule has 1 aliphatic heterocycles. The highest BCUT2D eigenvalue weighted by Crippen LogP contribution is 2.45. The minimum absolute atomic E-state index is 0.540. The number of hydrogen-bond donors (Lipinski definition) is 0. The largest absolute Gasteiger partial charge is 0.337 e. The number of rotatable bonds is 1. The quantitative estimate of drug-likeness (QED) is 0.555. The summed E-state index contributed by atoms with van der Waals surface area (Å²) in [4.78, 5) is 12.0. The lowest BCUT2D eigenvalue weighted by Gasteiger charge is -2.16. The molecule has 11 heavy (non-hydrogen) atoms. The van der Waals surface area contributed by atoms with Gasteiger partial charge in [0.25, 0.3) is 5.91 Å². The topological polar surface area (TPSA) is 20.3 Å². The Labute approximate surface area is 63.2 Å². The van der Waals surface area contributed by atoms with Crippen LogP contribution in [-0.4, -0.2) is 30.3 Å². The molecule has 1 amide bonds. The van der Waals surface area contributed by atoms with Crippen LogP contribution in [0.5, 0.6) is 0 Å². The highest BCUT2D eigenvalue weighted by atomic mass is 19.3. The lowest BCUT2D eigenvalue weighted by atomic mass is 10.4. The standard InChI is InChI=1S/C7H9F2NO/c8-6(9)7(11)10-2-4-1-5(4)3-10/h4-6H,1-3H2. The van der Waals surface area contributed by atoms with Crippen LogP contribution in [0, 0.1) is 11.8 Å². The molecule has 0 aromatic heterocycles. The Kier molecular flexibility index (Phi) is 1.37. The molecule has 1 saturated heterocycles. The Morgan fingerprint density at radius 3 is 2.36 bits per heavy atom. The monoisotopic (exact) mass is 161 g/mol. The van der Waals surface area contributed by atoms with Crippen LogP contribution in [-0.2, 0) is 4.79 Å². The van der Waals surface area contributed by atoms with E-state index in [2.05, 4.69) is 0 Å². The maximum absolute atomic E-state index is 11.8. The first-order valence-corrected chi connectivity index (χ1v) is 3.75. The van der Waals surface area contributed by atoms with Gasteiger partial charge in [-0.3, -0.25) is 4.79 Å². The van der Waals surface area contributed by atoms with E-state index in [1.807, 2.05) is 0 Å². The highest BCUT2D eigenvalue weighted by molar-refractivity contribution is 5.79. The van der Waals surface area contributed by atoms with Crippen molar-refractivity contribution in [3.05, 3.63) is 0 Å². The Morgan fingerprint density at radius 1 is 1.36 bits per heavy atom. The van der Waals surface area contributed by atoms with Crippen molar-refractivity contribution in [2.24, 2.45) is 11.8 Å². The van der Waals surface area contributed by atoms with Crippen LogP contribution < -0.4 is 0 Å². The molecule has 4 heteroatoms. The summed E-state index contributed by atoms with van der Waals surface area (Å²) in [5.41, 5.74) is 0. The van der Waals surface area contributed by atoms with Crippen LogP contribution in [0.1, 0.15) is 6.42 Å². The third-order valence-corrected chi connectivity index (χ3v) is 2.48. The molecule has 0 spiro atoms. The van der Waals surface area contributed by atoms with Gasteiger partial charge in [0, 0.05) is 13.1 Å². The van der Waals surface area contributed by atoms with E-state index < -0.39 is 12.3 Å². The number of nitrogens with zero attached hydrogens (tertiary/aromatic N) is 1. The van der Waals surface area contributed by atoms with Gasteiger partial charge in [-0.15, -0.1) is 0 Å². The molecule has 1 heterocycles. The molecule has 2 unspecified atom stereocenters. The van der Waals surface area contributed by atoms with Gasteiger partial charge >= 0.3 is 6.43 Å². The molecule has 2 nitrogen and oxygen atoms in total. The lowest BCUT2D eigenvalue weighted by Crippen LogP contribution is -2.34. The molecule has 2 aliphatic rings. The van der Waals surface area contributed by atoms with Crippen LogP contribution in [0.25, 0.3) is 0 Å². The first-order valence-electron chi connectivity index (χ1n) is 3.75. The molecular formula is C7H9F2NO. The van der Waals surface area contributed by atoms with E-state index in [4.69, 9.17) is 0 Å². The number of carbonyl (C=O) groups excluding carboxylic acids is 1. The Hall–Kier alpha value is -0.670. The van der Waals surface area contributed by atoms with Crippen LogP contribution in [0.4, 0.5) is 8.78 Å². The summed E-state index contributed by atoms with van der Waals surface area (Å²) in [5, 5.41) is 0. The van der Waals surface area contributed by atoms with Crippen LogP contribution in [0.3, 0.4) is 0 Å². The number of fused-ring (bicyclic) bond motifs is 1. The fourth-order valence-corrected chi connectivity index (χ4v) is 1.72. The van der Waals surface area contributed by atoms with Gasteiger partial charge in [-0.25, -0.2) is 0 Å². The fraction of sp³-hybridized carbons (Fsp3) is 0.857. The van der Waals surface area contributed by atoms with Gasteiger partial charge in [-0.1, -0.05) is 0 Å². The van der Waals surface area contributed by atoms with E-state index in [1.165, 1.54) is 4.90 Å². The second-order valence-corrected chi connectivity index (χ2v) is 3.30. The summed E-state index contributed by atoms with van der Waals surface area (Å²) in [6, 6.07) is 0. The maximum Gasteiger partial charge on any atom is 0.315 e. The van der Waals surface area contributed by atoms with Crippen LogP contribution in [0.2, 0.25) is 0 Å². The summed E-state index contributed by atoms with van der Waals surface area (Å²) in [7, 11) is 0. The van der Waals surface area contributed by atoms with Crippen molar-refractivity contribution < 1.29 is 13.6 Å². The first-order chi connectivity index (χ1) is 5.18. The molecular weight excluding hydrogens is 152 g/mol. The first kappa shape index (κ1) is 7.00. The van der Waals surface area contributed by atoms with E-state index in [-0.39, 0.29) is 0 Å². The molecule has 0 bridgehead atoms. The second kappa shape index (κ2) is 2.16. The highest BCUT2D eigenvalue weighted by Gasteiger charge is 2.47. The van der Waals surface area contributed by atoms with Crippen molar-refractivity contribution in [1.29, 1.82) is 0 Å². The SMILES string of the molecule is O=C(C(F)F)N1CC2CC2C1. The Balaban J connectivity index is 1.92. The number of piperidine rings is 1. The normalized spacial score (nSPS) is 34.3. The molecule has 0 N–H and O–H groups in total. The van der Waals surface area contributed by atoms with Crippen LogP contribution >= 0.6 is 0 Å². The van der Waals surface area contributed by atoms with Crippen molar-refractivity contribution in [3.63, 3.8) is 0 Å². The van der Waals surface area contributed by atoms with Crippen molar-refractivity contribution >= 4 is 5.91 Å². The molecule has 0 radical (unpaired) electrons. The molecule has 1 saturated carbocycles. The summed E-state index contributed by atoms with van der Waals surface area (Å²) >= 11 is 0. The zero-order valence-corrected chi connectivity index (χ0v) is 5.96. The number of hydrogen-bond acceptors (Lipinski definition) is 1. The second-order valence-electron chi connectivity index (χ2n) is 3.30. The van der Waals surface area contributed by atoms with Gasteiger partial charge in [0.1, 0.15) is 0 Å². The molecule has 1 aliphatic carbocycles. The molecule has 2 atom stereocenters. The van der Waals surface area contributed by atoms with E-state index >= 15 is 0 Å². The minimum Gasteiger partial charge on any atom is -0.337 e. The molecule has 2 rings (SSSR count). The third kappa shape index (κ3) is 1.10. The Bertz CT molecular complexity index is 185. The van der Waals surface area contributed by atoms with E-state index in [0.717, 1.165) is 6.42 Å². The molecule has 0 aromatic rings. The lowest BCUT2D eigenvalue weighted by molar-refractivity contribution is -0.142. The summed E-state index contributed by atoms with van der Waals surface area (Å²) < 4.78 is 23.7. The van der Waals surface area contributed by atoms with Gasteiger partial charge in [0.15, 0.2) is 0 Å². The maximum atomic E-state index is 11.8. The van der Waals surface area contributed by atoms with Gasteiger partial charge < -0.3 is 4.90 Å². The number of carbonyl (C=O) groups is 1. The number of halogens is 2. The average Bonchev–Trinajstić information content (AvgIpc) is 2.57. The number of likely N-dealkylation sites (tertiary alicyclic amines) is 1. The van der Waals surface area contributed by atoms with Gasteiger partial charge in [0.2, 0.25) is 0 Å². The Morgan fingerprint density at radius 2 is 1.91 bits per heavy atom. The predicted octanol–water partition coefficient (Wildman–Crippen LogP) is 0.730. The zero-order chi connectivity index (χ0) is 8.01. The molecule has 0 aromatic carbocycles. The third-order valence-electron chi connectivity index (χ3n) is 2.48. The fourth-order valence-electron chi connectivity index (χ4n) is 1.72. The van der Waals surface area contributed by atoms with Crippen molar-refractivity contribution in [1.82, 2.24) is 4.90 Å². The molecule has 62 valence electrons. The summed E-state index contributed by atoms with van der Waals surface area (Å²) in [6.07, 6.45) is -1.68. The predicted molar refractivity (Wildman–Crippen MR) is 34.2 cm³/mol. The van der Waals surface area contributed by atoms with Gasteiger partial charge in [-0.05, 0) is 18.3 Å². The number of alkyl halides is 2. The zero-order valence-electron chi connectivity index (χ0n) is 5.96. The summed E-state index contributed by atoms with van der Waals surface area (Å²) in [5.74, 6) is 0.0904. The van der Waals surface area contributed by atoms with Crippen molar-refractivity contribution in [2.45, 2.75) is 12.8 Å². The van der Waals surface area contributed by atoms with Crippen molar-refractivity contribution in [3.8, 4) is 0 Å². The van der Waals surface area contributed by atoms with Gasteiger partial charge in [-0.2, -0.15) is 8.78 Å². The molecule has 2 fully saturated rings. The summed E-state index contributed by atoms with van der Waals surface area (Å²) in [6.45, 7) is 1.13. The van der Waals surface area contributed by atoms with E-state index in [1.54, 1.807) is 0 Å². The van der Waals surface area contributed by atoms with E-state index in [9.17, 15) is 13.6 Å². The minimum atomic E-state index is -2.81. The van der Waals surface area contributed by atoms with Gasteiger partial charge in [0.05, 0.1) is 0 Å². The van der Waals surface area contributed by atoms with Crippen molar-refractivity contribution in [2.75, 3.05) is 13.1 Å². The smallest absolute Gasteiger partial charge is 0.315 e. The number of amides is 1.